The number of carbonyl (C=O) groups is 2. The monoisotopic (exact) mass is 910 g/mol. The van der Waals surface area contributed by atoms with Crippen molar-refractivity contribution < 1.29 is 18.0 Å². The quantitative estimate of drug-likeness (QED) is 0.0459. The number of nitrogens with one attached hydrogen (secondary N) is 2. The van der Waals surface area contributed by atoms with Crippen LogP contribution in [-0.2, 0) is 45.4 Å². The van der Waals surface area contributed by atoms with Crippen LogP contribution in [-0.4, -0.2) is 71.7 Å². The van der Waals surface area contributed by atoms with E-state index < -0.39 is 9.84 Å². The Labute approximate surface area is 383 Å². The Hall–Kier alpha value is -5.22. The molecule has 1 unspecified atom stereocenters. The number of hydrogen-bond acceptors (Lipinski definition) is 13. The maximum atomic E-state index is 12.7. The van der Waals surface area contributed by atoms with Crippen molar-refractivity contribution in [1.29, 1.82) is 0 Å². The molecule has 0 aliphatic heterocycles. The van der Waals surface area contributed by atoms with Crippen LogP contribution in [0.25, 0.3) is 11.3 Å². The number of unbranched alkanes of at least 4 members (excludes halogenated alkanes) is 3. The molecule has 0 saturated heterocycles. The van der Waals surface area contributed by atoms with E-state index in [0.717, 1.165) is 89.0 Å². The summed E-state index contributed by atoms with van der Waals surface area (Å²) >= 11 is 1.52. The zero-order chi connectivity index (χ0) is 46.4. The van der Waals surface area contributed by atoms with Gasteiger partial charge in [-0.25, -0.2) is 13.4 Å². The second-order valence-electron chi connectivity index (χ2n) is 17.0. The van der Waals surface area contributed by atoms with Gasteiger partial charge in [0.25, 0.3) is 5.16 Å². The van der Waals surface area contributed by atoms with Crippen LogP contribution in [0.5, 0.6) is 0 Å². The van der Waals surface area contributed by atoms with Gasteiger partial charge < -0.3 is 10.6 Å². The minimum Gasteiger partial charge on any atom is -0.350 e. The largest absolute Gasteiger partial charge is 0.350 e. The first kappa shape index (κ1) is 49.8. The molecule has 1 atom stereocenters. The van der Waals surface area contributed by atoms with Crippen LogP contribution in [0, 0.1) is 5.92 Å². The van der Waals surface area contributed by atoms with Crippen LogP contribution in [0.3, 0.4) is 0 Å². The van der Waals surface area contributed by atoms with Gasteiger partial charge in [0.05, 0.1) is 12.4 Å². The maximum absolute atomic E-state index is 12.7. The number of Topliss-reactive ketones (excluding diaryl/α,β-unsaturated/α-hetero) is 2. The van der Waals surface area contributed by atoms with Gasteiger partial charge in [0.1, 0.15) is 11.6 Å². The third-order valence-electron chi connectivity index (χ3n) is 11.1. The van der Waals surface area contributed by atoms with E-state index in [9.17, 15) is 18.0 Å². The number of carbonyl (C=O) groups excluding carboxylic acids is 2. The fourth-order valence-electron chi connectivity index (χ4n) is 7.46. The molecule has 0 radical (unpaired) electrons. The first-order valence-electron chi connectivity index (χ1n) is 22.6. The average molecular weight is 911 g/mol. The SMILES string of the molecule is CCCC(CC)C(=O)Cc1cccc(CNc2nc(SC)nc3c(C(C)C)cnn23)c1.CCCCCCC(=O)Cc1cccc(CNc2nc(S(C)(=O)=O)nc3c(C(C)C)cnn23)c1. The van der Waals surface area contributed by atoms with E-state index in [1.165, 1.54) is 22.7 Å². The highest BCUT2D eigenvalue weighted by molar-refractivity contribution is 7.98. The second kappa shape index (κ2) is 23.6. The lowest BCUT2D eigenvalue weighted by Crippen LogP contribution is -2.16. The van der Waals surface area contributed by atoms with Crippen molar-refractivity contribution in [3.8, 4) is 0 Å². The van der Waals surface area contributed by atoms with Gasteiger partial charge in [-0.05, 0) is 59.6 Å². The zero-order valence-corrected chi connectivity index (χ0v) is 40.7. The van der Waals surface area contributed by atoms with Crippen LogP contribution >= 0.6 is 11.8 Å². The summed E-state index contributed by atoms with van der Waals surface area (Å²) < 4.78 is 27.6. The Morgan fingerprint density at radius 1 is 0.703 bits per heavy atom. The number of aromatic nitrogens is 8. The number of thioether (sulfide) groups is 1. The lowest BCUT2D eigenvalue weighted by atomic mass is 9.91. The Kier molecular flexibility index (Phi) is 18.4. The van der Waals surface area contributed by atoms with Crippen LogP contribution in [0.1, 0.15) is 145 Å². The molecule has 0 saturated carbocycles. The van der Waals surface area contributed by atoms with Gasteiger partial charge in [0.2, 0.25) is 21.7 Å². The number of benzene rings is 2. The molecule has 344 valence electrons. The zero-order valence-electron chi connectivity index (χ0n) is 39.0. The average Bonchev–Trinajstić information content (AvgIpc) is 3.91. The van der Waals surface area contributed by atoms with Crippen LogP contribution < -0.4 is 10.6 Å². The summed E-state index contributed by atoms with van der Waals surface area (Å²) in [6.07, 6.45) is 15.5. The van der Waals surface area contributed by atoms with Crippen LogP contribution in [0.15, 0.2) is 71.2 Å². The third kappa shape index (κ3) is 13.6. The number of hydrogen-bond donors (Lipinski definition) is 2. The maximum Gasteiger partial charge on any atom is 0.252 e. The van der Waals surface area contributed by atoms with Crippen LogP contribution in [0.4, 0.5) is 11.9 Å². The van der Waals surface area contributed by atoms with E-state index in [0.29, 0.717) is 61.6 Å². The molecule has 2 aromatic carbocycles. The van der Waals surface area contributed by atoms with Gasteiger partial charge in [-0.2, -0.15) is 34.2 Å². The first-order valence-corrected chi connectivity index (χ1v) is 25.7. The molecule has 0 spiro atoms. The first-order chi connectivity index (χ1) is 30.6. The molecule has 0 aliphatic rings. The number of sulfone groups is 1. The number of nitrogens with zero attached hydrogens (tertiary/aromatic N) is 8. The molecule has 6 rings (SSSR count). The Balaban J connectivity index is 0.000000241. The molecular formula is C48H66N10O4S2. The molecule has 0 amide bonds. The van der Waals surface area contributed by atoms with Crippen molar-refractivity contribution in [3.05, 3.63) is 94.3 Å². The summed E-state index contributed by atoms with van der Waals surface area (Å²) in [7, 11) is -3.59. The molecule has 0 fully saturated rings. The third-order valence-corrected chi connectivity index (χ3v) is 12.5. The minimum atomic E-state index is -3.59. The van der Waals surface area contributed by atoms with Crippen molar-refractivity contribution in [2.45, 2.75) is 148 Å². The van der Waals surface area contributed by atoms with Crippen molar-refractivity contribution in [2.24, 2.45) is 5.92 Å². The topological polar surface area (TPSA) is 178 Å². The molecule has 4 aromatic heterocycles. The Bertz CT molecular complexity index is 2600. The molecule has 0 aliphatic carbocycles. The Morgan fingerprint density at radius 3 is 1.77 bits per heavy atom. The number of fused-ring (bicyclic) bond motifs is 2. The van der Waals surface area contributed by atoms with Gasteiger partial charge in [-0.1, -0.05) is 134 Å². The predicted molar refractivity (Wildman–Crippen MR) is 257 cm³/mol. The molecule has 6 aromatic rings. The van der Waals surface area contributed by atoms with E-state index in [1.54, 1.807) is 10.7 Å². The smallest absolute Gasteiger partial charge is 0.252 e. The fourth-order valence-corrected chi connectivity index (χ4v) is 8.32. The summed E-state index contributed by atoms with van der Waals surface area (Å²) in [6, 6.07) is 16.1. The van der Waals surface area contributed by atoms with E-state index in [4.69, 9.17) is 0 Å². The summed E-state index contributed by atoms with van der Waals surface area (Å²) in [6.45, 7) is 15.7. The molecule has 16 heteroatoms. The number of anilines is 2. The Morgan fingerprint density at radius 2 is 1.25 bits per heavy atom. The lowest BCUT2D eigenvalue weighted by molar-refractivity contribution is -0.122. The van der Waals surface area contributed by atoms with E-state index >= 15 is 0 Å². The van der Waals surface area contributed by atoms with Gasteiger partial charge in [-0.3, -0.25) is 9.59 Å². The summed E-state index contributed by atoms with van der Waals surface area (Å²) in [5.41, 5.74) is 7.41. The van der Waals surface area contributed by atoms with Crippen molar-refractivity contribution >= 4 is 56.4 Å². The van der Waals surface area contributed by atoms with Gasteiger partial charge >= 0.3 is 0 Å². The van der Waals surface area contributed by atoms with Crippen molar-refractivity contribution in [3.63, 3.8) is 0 Å². The normalized spacial score (nSPS) is 12.2. The summed E-state index contributed by atoms with van der Waals surface area (Å²) in [4.78, 5) is 42.7. The molecule has 2 N–H and O–H groups in total. The van der Waals surface area contributed by atoms with Gasteiger partial charge in [0.15, 0.2) is 16.5 Å². The highest BCUT2D eigenvalue weighted by Gasteiger charge is 2.21. The van der Waals surface area contributed by atoms with E-state index in [1.807, 2.05) is 62.7 Å². The van der Waals surface area contributed by atoms with E-state index in [2.05, 4.69) is 87.5 Å². The standard InChI is InChI=1S/C24H33N5O3S.C24H33N5OS/c1-5-6-7-8-12-20(30)14-18-10-9-11-19(13-18)15-25-23-28-24(33(4,31)32)27-22-21(17(2)3)16-26-29(22)23;1-6-9-19(7-2)21(30)13-17-10-8-11-18(12-17)14-25-23-28-24(31-5)27-22-20(16(3)4)15-26-29(22)23/h9-11,13,16-17H,5-8,12,14-15H2,1-4H3,(H,25,27,28);8,10-12,15-16,19H,6-7,9,13-14H2,1-5H3,(H,25,27,28). The van der Waals surface area contributed by atoms with Crippen molar-refractivity contribution in [2.75, 3.05) is 23.1 Å². The van der Waals surface area contributed by atoms with E-state index in [-0.39, 0.29) is 22.8 Å². The number of rotatable bonds is 23. The molecular weight excluding hydrogens is 845 g/mol. The highest BCUT2D eigenvalue weighted by Crippen LogP contribution is 2.25. The molecule has 64 heavy (non-hydrogen) atoms. The summed E-state index contributed by atoms with van der Waals surface area (Å²) in [5, 5.41) is 16.0. The summed E-state index contributed by atoms with van der Waals surface area (Å²) in [5.74, 6) is 2.22. The van der Waals surface area contributed by atoms with Gasteiger partial charge in [-0.15, -0.1) is 0 Å². The van der Waals surface area contributed by atoms with Crippen LogP contribution in [0.2, 0.25) is 0 Å². The second-order valence-corrected chi connectivity index (χ2v) is 19.7. The van der Waals surface area contributed by atoms with Crippen molar-refractivity contribution in [1.82, 2.24) is 39.2 Å². The predicted octanol–water partition coefficient (Wildman–Crippen LogP) is 9.86. The molecule has 14 nitrogen and oxygen atoms in total. The highest BCUT2D eigenvalue weighted by atomic mass is 32.2. The van der Waals surface area contributed by atoms with Gasteiger partial charge in [0, 0.05) is 55.7 Å². The number of ketones is 2. The minimum absolute atomic E-state index is 0.133. The molecule has 0 bridgehead atoms. The molecule has 4 heterocycles. The fraction of sp³-hybridized carbons (Fsp3) is 0.500. The lowest BCUT2D eigenvalue weighted by Gasteiger charge is -2.13.